The highest BCUT2D eigenvalue weighted by Gasteiger charge is 2.22. The second-order valence-electron chi connectivity index (χ2n) is 4.61. The van der Waals surface area contributed by atoms with E-state index < -0.39 is 0 Å². The first-order valence-corrected chi connectivity index (χ1v) is 7.22. The molecular formula is C13H17BrClN. The van der Waals surface area contributed by atoms with Crippen LogP contribution in [0.5, 0.6) is 0 Å². The minimum absolute atomic E-state index is 0.349. The fourth-order valence-corrected chi connectivity index (χ4v) is 3.23. The molecule has 1 heterocycles. The molecule has 1 aromatic rings. The first kappa shape index (κ1) is 12.4. The number of rotatable bonds is 4. The number of aryl methyl sites for hydroxylation is 1. The fourth-order valence-electron chi connectivity index (χ4n) is 2.45. The largest absolute Gasteiger partial charge is 0.263 e. The summed E-state index contributed by atoms with van der Waals surface area (Å²) in [5, 5.41) is 0.349. The Morgan fingerprint density at radius 3 is 2.81 bits per heavy atom. The molecule has 0 radical (unpaired) electrons. The van der Waals surface area contributed by atoms with Gasteiger partial charge in [-0.15, -0.1) is 11.6 Å². The Kier molecular flexibility index (Phi) is 4.66. The maximum atomic E-state index is 6.44. The Hall–Kier alpha value is -0.0800. The quantitative estimate of drug-likeness (QED) is 0.742. The molecular weight excluding hydrogens is 286 g/mol. The third-order valence-corrected chi connectivity index (χ3v) is 4.39. The molecule has 1 fully saturated rings. The Bertz CT molecular complexity index is 336. The van der Waals surface area contributed by atoms with Gasteiger partial charge in [-0.2, -0.15) is 0 Å². The lowest BCUT2D eigenvalue weighted by Gasteiger charge is -2.16. The molecule has 2 rings (SSSR count). The molecule has 0 amide bonds. The molecule has 1 atom stereocenters. The van der Waals surface area contributed by atoms with Crippen molar-refractivity contribution in [3.05, 3.63) is 28.5 Å². The van der Waals surface area contributed by atoms with Crippen LogP contribution in [-0.4, -0.2) is 10.4 Å². The zero-order valence-electron chi connectivity index (χ0n) is 9.33. The average Bonchev–Trinajstić information content (AvgIpc) is 2.79. The minimum atomic E-state index is 0.349. The maximum Gasteiger partial charge on any atom is 0.0410 e. The summed E-state index contributed by atoms with van der Waals surface area (Å²) in [6.07, 6.45) is 11.2. The van der Waals surface area contributed by atoms with Gasteiger partial charge in [0.15, 0.2) is 0 Å². The van der Waals surface area contributed by atoms with Crippen molar-refractivity contribution in [3.63, 3.8) is 0 Å². The van der Waals surface area contributed by atoms with Crippen LogP contribution in [0.2, 0.25) is 0 Å². The predicted octanol–water partition coefficient (Wildman–Crippen LogP) is 4.57. The third-order valence-electron chi connectivity index (χ3n) is 3.38. The van der Waals surface area contributed by atoms with Gasteiger partial charge in [-0.3, -0.25) is 4.98 Å². The molecule has 0 spiro atoms. The van der Waals surface area contributed by atoms with Crippen LogP contribution in [0.1, 0.15) is 37.7 Å². The Balaban J connectivity index is 1.82. The van der Waals surface area contributed by atoms with Gasteiger partial charge in [-0.1, -0.05) is 12.8 Å². The van der Waals surface area contributed by atoms with E-state index in [0.717, 1.165) is 23.2 Å². The summed E-state index contributed by atoms with van der Waals surface area (Å²) < 4.78 is 1.05. The summed E-state index contributed by atoms with van der Waals surface area (Å²) in [6, 6.07) is 2.13. The van der Waals surface area contributed by atoms with Crippen LogP contribution >= 0.6 is 27.5 Å². The van der Waals surface area contributed by atoms with Crippen molar-refractivity contribution in [3.8, 4) is 0 Å². The molecule has 1 nitrogen and oxygen atoms in total. The lowest BCUT2D eigenvalue weighted by Crippen LogP contribution is -2.12. The van der Waals surface area contributed by atoms with E-state index in [2.05, 4.69) is 27.0 Å². The van der Waals surface area contributed by atoms with Gasteiger partial charge in [0.1, 0.15) is 0 Å². The predicted molar refractivity (Wildman–Crippen MR) is 71.9 cm³/mol. The normalized spacial score (nSPS) is 18.9. The fraction of sp³-hybridized carbons (Fsp3) is 0.615. The van der Waals surface area contributed by atoms with Gasteiger partial charge >= 0.3 is 0 Å². The van der Waals surface area contributed by atoms with Crippen LogP contribution in [0, 0.1) is 5.92 Å². The highest BCUT2D eigenvalue weighted by Crippen LogP contribution is 2.32. The average molecular weight is 303 g/mol. The zero-order valence-corrected chi connectivity index (χ0v) is 11.7. The van der Waals surface area contributed by atoms with E-state index >= 15 is 0 Å². The molecule has 0 aromatic carbocycles. The summed E-state index contributed by atoms with van der Waals surface area (Å²) in [4.78, 5) is 4.17. The van der Waals surface area contributed by atoms with Crippen molar-refractivity contribution >= 4 is 27.5 Å². The molecule has 0 saturated heterocycles. The number of hydrogen-bond donors (Lipinski definition) is 0. The Morgan fingerprint density at radius 1 is 1.38 bits per heavy atom. The van der Waals surface area contributed by atoms with Crippen molar-refractivity contribution in [2.24, 2.45) is 5.92 Å². The molecule has 0 bridgehead atoms. The lowest BCUT2D eigenvalue weighted by atomic mass is 9.98. The maximum absolute atomic E-state index is 6.44. The number of aromatic nitrogens is 1. The van der Waals surface area contributed by atoms with E-state index in [0.29, 0.717) is 5.38 Å². The van der Waals surface area contributed by atoms with Crippen molar-refractivity contribution in [1.29, 1.82) is 0 Å². The van der Waals surface area contributed by atoms with Crippen molar-refractivity contribution < 1.29 is 0 Å². The summed E-state index contributed by atoms with van der Waals surface area (Å²) in [5.41, 5.74) is 1.28. The summed E-state index contributed by atoms with van der Waals surface area (Å²) in [5.74, 6) is 0.752. The van der Waals surface area contributed by atoms with Crippen molar-refractivity contribution in [2.75, 3.05) is 0 Å². The van der Waals surface area contributed by atoms with Crippen LogP contribution in [-0.2, 0) is 6.42 Å². The monoisotopic (exact) mass is 301 g/mol. The number of alkyl halides is 1. The van der Waals surface area contributed by atoms with Gasteiger partial charge in [0.25, 0.3) is 0 Å². The SMILES string of the molecule is ClC(CCc1cncc(Br)c1)C1CCCC1. The summed E-state index contributed by atoms with van der Waals surface area (Å²) in [7, 11) is 0. The van der Waals surface area contributed by atoms with Crippen molar-refractivity contribution in [2.45, 2.75) is 43.9 Å². The van der Waals surface area contributed by atoms with E-state index in [-0.39, 0.29) is 0 Å². The van der Waals surface area contributed by atoms with E-state index in [4.69, 9.17) is 11.6 Å². The standard InChI is InChI=1S/C13H17BrClN/c14-12-7-10(8-16-9-12)5-6-13(15)11-3-1-2-4-11/h7-9,11,13H,1-6H2. The van der Waals surface area contributed by atoms with Crippen LogP contribution in [0.25, 0.3) is 0 Å². The summed E-state index contributed by atoms with van der Waals surface area (Å²) in [6.45, 7) is 0. The van der Waals surface area contributed by atoms with Crippen LogP contribution in [0.3, 0.4) is 0 Å². The van der Waals surface area contributed by atoms with E-state index in [1.165, 1.54) is 31.2 Å². The first-order valence-electron chi connectivity index (χ1n) is 5.99. The molecule has 1 aliphatic carbocycles. The number of pyridine rings is 1. The van der Waals surface area contributed by atoms with Crippen LogP contribution in [0.15, 0.2) is 22.9 Å². The lowest BCUT2D eigenvalue weighted by molar-refractivity contribution is 0.492. The topological polar surface area (TPSA) is 12.9 Å². The molecule has 1 aliphatic rings. The number of halogens is 2. The highest BCUT2D eigenvalue weighted by atomic mass is 79.9. The molecule has 16 heavy (non-hydrogen) atoms. The second-order valence-corrected chi connectivity index (χ2v) is 6.09. The van der Waals surface area contributed by atoms with Gasteiger partial charge in [-0.25, -0.2) is 0 Å². The van der Waals surface area contributed by atoms with Gasteiger partial charge in [-0.05, 0) is 59.2 Å². The molecule has 1 aromatic heterocycles. The Morgan fingerprint density at radius 2 is 2.12 bits per heavy atom. The molecule has 0 N–H and O–H groups in total. The molecule has 1 unspecified atom stereocenters. The first-order chi connectivity index (χ1) is 7.75. The van der Waals surface area contributed by atoms with Crippen LogP contribution < -0.4 is 0 Å². The summed E-state index contributed by atoms with van der Waals surface area (Å²) >= 11 is 9.88. The van der Waals surface area contributed by atoms with Gasteiger partial charge in [0, 0.05) is 22.2 Å². The molecule has 0 aliphatic heterocycles. The number of nitrogens with zero attached hydrogens (tertiary/aromatic N) is 1. The molecule has 88 valence electrons. The van der Waals surface area contributed by atoms with Crippen LogP contribution in [0.4, 0.5) is 0 Å². The highest BCUT2D eigenvalue weighted by molar-refractivity contribution is 9.10. The smallest absolute Gasteiger partial charge is 0.0410 e. The third kappa shape index (κ3) is 3.46. The second kappa shape index (κ2) is 6.02. The number of hydrogen-bond acceptors (Lipinski definition) is 1. The zero-order chi connectivity index (χ0) is 11.4. The van der Waals surface area contributed by atoms with E-state index in [1.807, 2.05) is 12.4 Å². The minimum Gasteiger partial charge on any atom is -0.263 e. The van der Waals surface area contributed by atoms with E-state index in [1.54, 1.807) is 0 Å². The van der Waals surface area contributed by atoms with Gasteiger partial charge in [0.05, 0.1) is 0 Å². The van der Waals surface area contributed by atoms with Gasteiger partial charge in [0.2, 0.25) is 0 Å². The van der Waals surface area contributed by atoms with Gasteiger partial charge < -0.3 is 0 Å². The Labute approximate surface area is 111 Å². The molecule has 1 saturated carbocycles. The van der Waals surface area contributed by atoms with Crippen molar-refractivity contribution in [1.82, 2.24) is 4.98 Å². The molecule has 3 heteroatoms. The van der Waals surface area contributed by atoms with E-state index in [9.17, 15) is 0 Å².